The number of hydrogen-bond donors (Lipinski definition) is 5. The number of Topliss-reactive ketones (excluding diaryl/α,β-unsaturated/α-hetero) is 1. The maximum absolute atomic E-state index is 15.6. The first-order chi connectivity index (χ1) is 37.3. The molecule has 8 rings (SSSR count). The summed E-state index contributed by atoms with van der Waals surface area (Å²) in [5.41, 5.74) is -4.87. The molecule has 1 aromatic carbocycles. The summed E-state index contributed by atoms with van der Waals surface area (Å²) in [6.45, 7) is 16.2. The highest BCUT2D eigenvalue weighted by molar-refractivity contribution is 5.96. The van der Waals surface area contributed by atoms with Crippen LogP contribution in [0.1, 0.15) is 136 Å². The Hall–Kier alpha value is -6.29. The topological polar surface area (TPSA) is 290 Å². The second-order valence-electron chi connectivity index (χ2n) is 23.6. The molecule has 21 nitrogen and oxygen atoms in total. The summed E-state index contributed by atoms with van der Waals surface area (Å²) in [6.07, 6.45) is -2.23. The lowest BCUT2D eigenvalue weighted by atomic mass is 9.44. The number of esters is 4. The fraction of sp³-hybridized carbons (Fsp3) is 0.638. The highest BCUT2D eigenvalue weighted by atomic mass is 16.6. The molecule has 2 aromatic rings. The third-order valence-corrected chi connectivity index (χ3v) is 17.6. The van der Waals surface area contributed by atoms with Gasteiger partial charge in [0.2, 0.25) is 5.91 Å². The Balaban J connectivity index is 0.958. The van der Waals surface area contributed by atoms with Crippen LogP contribution in [0, 0.1) is 34.5 Å². The molecule has 14 atom stereocenters. The first kappa shape index (κ1) is 58.8. The smallest absolute Gasteiger partial charge is 0.407 e. The van der Waals surface area contributed by atoms with Gasteiger partial charge in [-0.3, -0.25) is 19.2 Å². The Morgan fingerprint density at radius 3 is 2.29 bits per heavy atom. The molecule has 21 heteroatoms. The number of rotatable bonds is 17. The molecule has 1 aliphatic heterocycles. The number of allylic oxidation sites excluding steroid dienone is 2. The van der Waals surface area contributed by atoms with Crippen molar-refractivity contribution in [2.45, 2.75) is 181 Å². The first-order valence-electron chi connectivity index (χ1n) is 27.5. The van der Waals surface area contributed by atoms with Crippen LogP contribution < -0.4 is 10.6 Å². The van der Waals surface area contributed by atoms with Crippen LogP contribution in [0.5, 0.6) is 0 Å². The minimum atomic E-state index is -2.41. The van der Waals surface area contributed by atoms with Crippen LogP contribution >= 0.6 is 0 Å². The molecular formula is C58H77N5O16. The van der Waals surface area contributed by atoms with Crippen molar-refractivity contribution in [3.05, 3.63) is 82.2 Å². The number of benzene rings is 1. The zero-order valence-corrected chi connectivity index (χ0v) is 46.8. The lowest BCUT2D eigenvalue weighted by Gasteiger charge is -2.67. The largest absolute Gasteiger partial charge is 0.456 e. The number of aliphatic hydroxyl groups is 3. The van der Waals surface area contributed by atoms with Crippen LogP contribution in [-0.2, 0) is 65.2 Å². The molecule has 3 unspecified atom stereocenters. The average molecular weight is 1100 g/mol. The van der Waals surface area contributed by atoms with Crippen molar-refractivity contribution in [3.63, 3.8) is 0 Å². The summed E-state index contributed by atoms with van der Waals surface area (Å²) >= 11 is 0. The van der Waals surface area contributed by atoms with Crippen molar-refractivity contribution < 1.29 is 77.3 Å². The number of ether oxygens (including phenoxy) is 6. The summed E-state index contributed by atoms with van der Waals surface area (Å²) in [5.74, 6) is -5.68. The zero-order chi connectivity index (χ0) is 57.5. The number of ketones is 1. The van der Waals surface area contributed by atoms with E-state index in [0.717, 1.165) is 45.2 Å². The second kappa shape index (κ2) is 23.1. The van der Waals surface area contributed by atoms with Gasteiger partial charge in [-0.05, 0) is 127 Å². The highest BCUT2D eigenvalue weighted by Gasteiger charge is 2.78. The number of aryl methyl sites for hydroxylation is 1. The molecule has 5 aliphatic carbocycles. The molecule has 1 saturated heterocycles. The van der Waals surface area contributed by atoms with E-state index in [1.807, 2.05) is 4.68 Å². The fourth-order valence-electron chi connectivity index (χ4n) is 13.4. The molecule has 2 bridgehead atoms. The molecule has 79 heavy (non-hydrogen) atoms. The third-order valence-electron chi connectivity index (χ3n) is 17.6. The Morgan fingerprint density at radius 2 is 1.66 bits per heavy atom. The number of unbranched alkanes of at least 4 members (excludes halogenated alkanes) is 1. The predicted octanol–water partition coefficient (Wildman–Crippen LogP) is 4.69. The number of amides is 2. The third kappa shape index (κ3) is 11.3. The molecule has 5 N–H and O–H groups in total. The van der Waals surface area contributed by atoms with E-state index in [0.29, 0.717) is 49.3 Å². The van der Waals surface area contributed by atoms with Crippen LogP contribution in [0.15, 0.2) is 65.3 Å². The normalized spacial score (nSPS) is 32.0. The number of carbonyl (C=O) groups is 7. The van der Waals surface area contributed by atoms with Gasteiger partial charge in [0, 0.05) is 44.7 Å². The number of aromatic nitrogens is 3. The Labute approximate surface area is 460 Å². The molecule has 2 heterocycles. The van der Waals surface area contributed by atoms with Gasteiger partial charge in [0.05, 0.1) is 53.6 Å². The Morgan fingerprint density at radius 1 is 0.962 bits per heavy atom. The number of nitrogens with one attached hydrogen (secondary N) is 2. The van der Waals surface area contributed by atoms with Crippen molar-refractivity contribution in [2.24, 2.45) is 34.5 Å². The number of alkyl carbamates (subject to hydrolysis) is 1. The second-order valence-corrected chi connectivity index (χ2v) is 23.6. The van der Waals surface area contributed by atoms with E-state index >= 15 is 4.79 Å². The summed E-state index contributed by atoms with van der Waals surface area (Å²) in [5, 5.41) is 51.8. The van der Waals surface area contributed by atoms with Crippen molar-refractivity contribution in [2.75, 3.05) is 19.8 Å². The van der Waals surface area contributed by atoms with Crippen molar-refractivity contribution in [3.8, 4) is 0 Å². The minimum absolute atomic E-state index is 0.0175. The van der Waals surface area contributed by atoms with Crippen molar-refractivity contribution in [1.29, 1.82) is 0 Å². The fourth-order valence-corrected chi connectivity index (χ4v) is 13.4. The van der Waals surface area contributed by atoms with Crippen LogP contribution in [0.3, 0.4) is 0 Å². The van der Waals surface area contributed by atoms with Gasteiger partial charge in [-0.2, -0.15) is 0 Å². The van der Waals surface area contributed by atoms with Crippen LogP contribution in [0.4, 0.5) is 4.79 Å². The first-order valence-corrected chi connectivity index (χ1v) is 27.5. The molecule has 0 radical (unpaired) electrons. The van der Waals surface area contributed by atoms with Gasteiger partial charge < -0.3 is 54.4 Å². The minimum Gasteiger partial charge on any atom is -0.456 e. The summed E-state index contributed by atoms with van der Waals surface area (Å²) < 4.78 is 38.0. The van der Waals surface area contributed by atoms with E-state index in [4.69, 9.17) is 28.4 Å². The van der Waals surface area contributed by atoms with Crippen LogP contribution in [0.25, 0.3) is 0 Å². The van der Waals surface area contributed by atoms with E-state index in [1.54, 1.807) is 52.0 Å². The van der Waals surface area contributed by atoms with E-state index in [9.17, 15) is 44.1 Å². The quantitative estimate of drug-likeness (QED) is 0.0472. The molecule has 6 aliphatic rings. The van der Waals surface area contributed by atoms with Crippen LogP contribution in [-0.4, -0.2) is 146 Å². The van der Waals surface area contributed by atoms with Gasteiger partial charge in [0.1, 0.15) is 23.9 Å². The molecule has 430 valence electrons. The van der Waals surface area contributed by atoms with E-state index in [1.165, 1.54) is 43.8 Å². The van der Waals surface area contributed by atoms with Crippen molar-refractivity contribution in [1.82, 2.24) is 25.6 Å². The maximum atomic E-state index is 15.6. The SMILES string of the molecule is CC(=O)O[C@H]1C(=O)[C@@]2(C)[C@H]([C@H](OC(=O)c3ccccc3)[C@]3(O)C[C@H](OC(=O)[C@H](O)[C@H](C=C(C)C)NC(=O)/C=C/CCCNC(=O)OCC4C5CCc6nnn(C(C)C)c6CCC54)C(C)=C1C3(C)C)[C@]1(OC(C)=O)CO[C@@H]1C[C@@H]2O. The molecule has 4 fully saturated rings. The lowest BCUT2D eigenvalue weighted by Crippen LogP contribution is -2.82. The van der Waals surface area contributed by atoms with Crippen LogP contribution in [0.2, 0.25) is 0 Å². The molecule has 1 aromatic heterocycles. The zero-order valence-electron chi connectivity index (χ0n) is 46.8. The Kier molecular flexibility index (Phi) is 17.2. The number of carbonyl (C=O) groups excluding carboxylic acids is 7. The summed E-state index contributed by atoms with van der Waals surface area (Å²) in [7, 11) is 0. The maximum Gasteiger partial charge on any atom is 0.407 e. The van der Waals surface area contributed by atoms with Gasteiger partial charge in [-0.25, -0.2) is 19.1 Å². The summed E-state index contributed by atoms with van der Waals surface area (Å²) in [6, 6.07) is 6.73. The molecule has 2 amide bonds. The van der Waals surface area contributed by atoms with E-state index in [-0.39, 0.29) is 35.8 Å². The monoisotopic (exact) mass is 1100 g/mol. The molecule has 0 spiro atoms. The van der Waals surface area contributed by atoms with Gasteiger partial charge >= 0.3 is 30.0 Å². The number of aliphatic hydroxyl groups excluding tert-OH is 2. The number of fused-ring (bicyclic) bond motifs is 7. The van der Waals surface area contributed by atoms with E-state index in [2.05, 4.69) is 34.8 Å². The van der Waals surface area contributed by atoms with Crippen molar-refractivity contribution >= 4 is 41.7 Å². The van der Waals surface area contributed by atoms with Gasteiger partial charge in [-0.1, -0.05) is 55.0 Å². The van der Waals surface area contributed by atoms with E-state index < -0.39 is 119 Å². The predicted molar refractivity (Wildman–Crippen MR) is 281 cm³/mol. The van der Waals surface area contributed by atoms with Gasteiger partial charge in [0.25, 0.3) is 0 Å². The highest BCUT2D eigenvalue weighted by Crippen LogP contribution is 2.64. The average Bonchev–Trinajstić information content (AvgIpc) is 3.37. The van der Waals surface area contributed by atoms with Gasteiger partial charge in [-0.15, -0.1) is 5.10 Å². The molecule has 3 saturated carbocycles. The Bertz CT molecular complexity index is 2780. The lowest BCUT2D eigenvalue weighted by molar-refractivity contribution is -0.346. The summed E-state index contributed by atoms with van der Waals surface area (Å²) in [4.78, 5) is 96.3. The molecular weight excluding hydrogens is 1020 g/mol. The van der Waals surface area contributed by atoms with Gasteiger partial charge in [0.15, 0.2) is 23.6 Å². The number of nitrogens with zero attached hydrogens (tertiary/aromatic N) is 3. The standard InChI is InChI=1S/C58H77N5O16/c1-30(2)25-40(60-45(67)19-15-12-16-24-59-54(72)74-28-38-36-20-22-39-41(23-21-37(36)38)63(31(3)4)62-61-39)47(68)53(71)77-42-27-58(73)51(78-52(70)35-17-13-11-14-18-35)49-56(10,43(66)26-44-57(49,29-75-44)79-34(7)65)50(69)48(76-33(6)64)46(32(42)5)55(58,8)9/h11,13-15,17-19,25,31,36-38,40,42-44,47-49,51,66,68,73H,12,16,20-24,26-29H2,1-10H3,(H,59,72)(H,60,67)/b19-15+/t36?,37?,38?,40-,42-,43-,44+,47+,48+,49-,51-,56+,57-,58+/m0/s1. The number of hydrogen-bond acceptors (Lipinski definition) is 18.